The van der Waals surface area contributed by atoms with Crippen LogP contribution in [0.3, 0.4) is 0 Å². The number of rotatable bonds is 5. The molecule has 1 aliphatic rings. The number of carbonyl (C=O) groups excluding carboxylic acids is 1. The molecule has 4 rings (SSSR count). The minimum absolute atomic E-state index is 0.126. The van der Waals surface area contributed by atoms with Gasteiger partial charge in [0, 0.05) is 43.7 Å². The number of nitrogens with one attached hydrogen (secondary N) is 1. The Balaban J connectivity index is 1.61. The number of aromatic nitrogens is 3. The number of hydrogen-bond acceptors (Lipinski definition) is 4. The zero-order valence-corrected chi connectivity index (χ0v) is 16.6. The van der Waals surface area contributed by atoms with Crippen molar-refractivity contribution in [3.8, 4) is 5.69 Å². The van der Waals surface area contributed by atoms with E-state index >= 15 is 0 Å². The zero-order chi connectivity index (χ0) is 19.7. The van der Waals surface area contributed by atoms with Crippen LogP contribution >= 0.6 is 0 Å². The number of hydrogen-bond donors (Lipinski definition) is 1. The Bertz CT molecular complexity index is 1020. The SMILES string of the molecule is Cc1ccccc1-n1nc(C(=O)NCc2cccnc2N(C)C)c2c1CCC2. The number of nitrogens with zero attached hydrogens (tertiary/aromatic N) is 4. The van der Waals surface area contributed by atoms with Crippen LogP contribution in [0.25, 0.3) is 5.69 Å². The van der Waals surface area contributed by atoms with Crippen molar-refractivity contribution in [1.82, 2.24) is 20.1 Å². The quantitative estimate of drug-likeness (QED) is 0.744. The predicted molar refractivity (Wildman–Crippen MR) is 110 cm³/mol. The largest absolute Gasteiger partial charge is 0.362 e. The van der Waals surface area contributed by atoms with Gasteiger partial charge < -0.3 is 10.2 Å². The fourth-order valence-corrected chi connectivity index (χ4v) is 3.85. The summed E-state index contributed by atoms with van der Waals surface area (Å²) in [5, 5.41) is 7.75. The van der Waals surface area contributed by atoms with Crippen LogP contribution in [0.4, 0.5) is 5.82 Å². The third kappa shape index (κ3) is 3.26. The van der Waals surface area contributed by atoms with Crippen LogP contribution in [0.1, 0.15) is 39.3 Å². The Morgan fingerprint density at radius 2 is 2.00 bits per heavy atom. The highest BCUT2D eigenvalue weighted by Crippen LogP contribution is 2.29. The van der Waals surface area contributed by atoms with Gasteiger partial charge in [0.15, 0.2) is 5.69 Å². The van der Waals surface area contributed by atoms with Crippen molar-refractivity contribution in [2.24, 2.45) is 0 Å². The van der Waals surface area contributed by atoms with Crippen LogP contribution in [0, 0.1) is 6.92 Å². The number of benzene rings is 1. The summed E-state index contributed by atoms with van der Waals surface area (Å²) in [5.74, 6) is 0.734. The molecule has 0 saturated heterocycles. The van der Waals surface area contributed by atoms with Crippen molar-refractivity contribution >= 4 is 11.7 Å². The molecule has 0 spiro atoms. The number of fused-ring (bicyclic) bond motifs is 1. The molecule has 1 amide bonds. The molecule has 2 aromatic heterocycles. The van der Waals surface area contributed by atoms with E-state index in [1.165, 1.54) is 0 Å². The highest BCUT2D eigenvalue weighted by atomic mass is 16.1. The van der Waals surface area contributed by atoms with Crippen molar-refractivity contribution in [1.29, 1.82) is 0 Å². The summed E-state index contributed by atoms with van der Waals surface area (Å²) in [7, 11) is 3.90. The van der Waals surface area contributed by atoms with Crippen molar-refractivity contribution in [3.63, 3.8) is 0 Å². The van der Waals surface area contributed by atoms with Gasteiger partial charge in [-0.2, -0.15) is 5.10 Å². The summed E-state index contributed by atoms with van der Waals surface area (Å²) >= 11 is 0. The second-order valence-corrected chi connectivity index (χ2v) is 7.39. The van der Waals surface area contributed by atoms with Gasteiger partial charge in [0.1, 0.15) is 5.82 Å². The molecule has 6 nitrogen and oxygen atoms in total. The molecule has 2 heterocycles. The average molecular weight is 375 g/mol. The van der Waals surface area contributed by atoms with Crippen molar-refractivity contribution < 1.29 is 4.79 Å². The van der Waals surface area contributed by atoms with E-state index in [4.69, 9.17) is 5.10 Å². The van der Waals surface area contributed by atoms with E-state index in [0.29, 0.717) is 12.2 Å². The van der Waals surface area contributed by atoms with Gasteiger partial charge >= 0.3 is 0 Å². The van der Waals surface area contributed by atoms with Crippen molar-refractivity contribution in [2.75, 3.05) is 19.0 Å². The van der Waals surface area contributed by atoms with Gasteiger partial charge in [0.05, 0.1) is 5.69 Å². The Hall–Kier alpha value is -3.15. The number of carbonyl (C=O) groups is 1. The Morgan fingerprint density at radius 1 is 1.18 bits per heavy atom. The first-order valence-corrected chi connectivity index (χ1v) is 9.62. The summed E-state index contributed by atoms with van der Waals surface area (Å²) < 4.78 is 1.96. The van der Waals surface area contributed by atoms with Crippen LogP contribution in [-0.2, 0) is 19.4 Å². The number of amides is 1. The lowest BCUT2D eigenvalue weighted by Crippen LogP contribution is -2.26. The van der Waals surface area contributed by atoms with Crippen molar-refractivity contribution in [3.05, 3.63) is 70.7 Å². The van der Waals surface area contributed by atoms with Crippen molar-refractivity contribution in [2.45, 2.75) is 32.7 Å². The van der Waals surface area contributed by atoms with E-state index in [2.05, 4.69) is 29.4 Å². The molecule has 0 saturated carbocycles. The highest BCUT2D eigenvalue weighted by Gasteiger charge is 2.27. The first-order chi connectivity index (χ1) is 13.6. The number of aryl methyl sites for hydroxylation is 1. The molecule has 0 bridgehead atoms. The third-order valence-corrected chi connectivity index (χ3v) is 5.22. The molecule has 0 fully saturated rings. The van der Waals surface area contributed by atoms with Gasteiger partial charge in [0.2, 0.25) is 0 Å². The lowest BCUT2D eigenvalue weighted by atomic mass is 10.1. The standard InChI is InChI=1S/C22H25N5O/c1-15-8-4-5-11-18(15)27-19-12-6-10-17(19)20(25-27)22(28)24-14-16-9-7-13-23-21(16)26(2)3/h4-5,7-9,11,13H,6,10,12,14H2,1-3H3,(H,24,28). The molecule has 1 N–H and O–H groups in total. The molecule has 6 heteroatoms. The van der Waals surface area contributed by atoms with Crippen LogP contribution in [0.5, 0.6) is 0 Å². The van der Waals surface area contributed by atoms with Gasteiger partial charge in [0.25, 0.3) is 5.91 Å². The maximum atomic E-state index is 13.0. The van der Waals surface area contributed by atoms with Gasteiger partial charge in [-0.05, 0) is 43.9 Å². The van der Waals surface area contributed by atoms with E-state index in [0.717, 1.165) is 53.2 Å². The molecule has 0 unspecified atom stereocenters. The Morgan fingerprint density at radius 3 is 2.79 bits per heavy atom. The minimum atomic E-state index is -0.126. The number of para-hydroxylation sites is 1. The fourth-order valence-electron chi connectivity index (χ4n) is 3.85. The number of pyridine rings is 1. The maximum absolute atomic E-state index is 13.0. The van der Waals surface area contributed by atoms with Gasteiger partial charge in [-0.3, -0.25) is 4.79 Å². The monoisotopic (exact) mass is 375 g/mol. The minimum Gasteiger partial charge on any atom is -0.362 e. The first-order valence-electron chi connectivity index (χ1n) is 9.62. The highest BCUT2D eigenvalue weighted by molar-refractivity contribution is 5.94. The van der Waals surface area contributed by atoms with Gasteiger partial charge in [-0.1, -0.05) is 24.3 Å². The molecule has 0 atom stereocenters. The van der Waals surface area contributed by atoms with Crippen LogP contribution in [-0.4, -0.2) is 34.8 Å². The molecular formula is C22H25N5O. The molecule has 1 aromatic carbocycles. The average Bonchev–Trinajstić information content (AvgIpc) is 3.29. The second-order valence-electron chi connectivity index (χ2n) is 7.39. The maximum Gasteiger partial charge on any atom is 0.272 e. The van der Waals surface area contributed by atoms with Gasteiger partial charge in [-0.15, -0.1) is 0 Å². The summed E-state index contributed by atoms with van der Waals surface area (Å²) in [5.41, 5.74) is 5.97. The van der Waals surface area contributed by atoms with Crippen LogP contribution in [0.15, 0.2) is 42.6 Å². The topological polar surface area (TPSA) is 63.1 Å². The Kier molecular flexibility index (Phi) is 4.86. The van der Waals surface area contributed by atoms with Crippen LogP contribution < -0.4 is 10.2 Å². The summed E-state index contributed by atoms with van der Waals surface area (Å²) in [4.78, 5) is 19.3. The Labute approximate surface area is 165 Å². The summed E-state index contributed by atoms with van der Waals surface area (Å²) in [6.45, 7) is 2.50. The second kappa shape index (κ2) is 7.46. The first kappa shape index (κ1) is 18.2. The lowest BCUT2D eigenvalue weighted by molar-refractivity contribution is 0.0944. The molecular weight excluding hydrogens is 350 g/mol. The van der Waals surface area contributed by atoms with E-state index in [9.17, 15) is 4.79 Å². The normalized spacial score (nSPS) is 12.7. The van der Waals surface area contributed by atoms with Gasteiger partial charge in [-0.25, -0.2) is 9.67 Å². The predicted octanol–water partition coefficient (Wildman–Crippen LogP) is 3.06. The summed E-state index contributed by atoms with van der Waals surface area (Å²) in [6.07, 6.45) is 4.68. The number of anilines is 1. The molecule has 0 radical (unpaired) electrons. The van der Waals surface area contributed by atoms with E-state index < -0.39 is 0 Å². The van der Waals surface area contributed by atoms with Crippen LogP contribution in [0.2, 0.25) is 0 Å². The fraction of sp³-hybridized carbons (Fsp3) is 0.318. The molecule has 28 heavy (non-hydrogen) atoms. The lowest BCUT2D eigenvalue weighted by Gasteiger charge is -2.16. The molecule has 144 valence electrons. The molecule has 3 aromatic rings. The van der Waals surface area contributed by atoms with E-state index in [-0.39, 0.29) is 5.91 Å². The van der Waals surface area contributed by atoms with E-state index in [1.807, 2.05) is 47.9 Å². The molecule has 0 aliphatic heterocycles. The van der Waals surface area contributed by atoms with E-state index in [1.54, 1.807) is 6.20 Å². The summed E-state index contributed by atoms with van der Waals surface area (Å²) in [6, 6.07) is 12.0. The smallest absolute Gasteiger partial charge is 0.272 e. The third-order valence-electron chi connectivity index (χ3n) is 5.22. The zero-order valence-electron chi connectivity index (χ0n) is 16.6. The molecule has 1 aliphatic carbocycles.